The van der Waals surface area contributed by atoms with Crippen LogP contribution in [0.25, 0.3) is 0 Å². The van der Waals surface area contributed by atoms with Crippen LogP contribution < -0.4 is 11.1 Å². The second kappa shape index (κ2) is 8.08. The van der Waals surface area contributed by atoms with Crippen LogP contribution in [0.1, 0.15) is 30.9 Å². The molecule has 0 aromatic heterocycles. The number of ether oxygens (including phenoxy) is 1. The number of hydrogen-bond acceptors (Lipinski definition) is 5. The fraction of sp³-hybridized carbons (Fsp3) is 0.562. The molecule has 128 valence electrons. The van der Waals surface area contributed by atoms with Gasteiger partial charge >= 0.3 is 0 Å². The molecule has 1 heterocycles. The number of rotatable bonds is 7. The monoisotopic (exact) mass is 343 g/mol. The summed E-state index contributed by atoms with van der Waals surface area (Å²) in [6.07, 6.45) is 1.50. The van der Waals surface area contributed by atoms with Crippen molar-refractivity contribution in [1.29, 1.82) is 0 Å². The molecule has 0 bridgehead atoms. The first-order chi connectivity index (χ1) is 11.0. The molecule has 1 aromatic carbocycles. The normalized spacial score (nSPS) is 21.3. The molecule has 0 unspecified atom stereocenters. The summed E-state index contributed by atoms with van der Waals surface area (Å²) >= 11 is 1.46. The molecule has 0 radical (unpaired) electrons. The SMILES string of the molecule is COCCCNCc1cc([C@]2(C)CCSC(N)=N2)c(F)cc1F. The lowest BCUT2D eigenvalue weighted by molar-refractivity contribution is 0.194. The van der Waals surface area contributed by atoms with Crippen molar-refractivity contribution >= 4 is 16.9 Å². The topological polar surface area (TPSA) is 59.6 Å². The number of benzene rings is 1. The molecule has 1 aliphatic heterocycles. The molecule has 0 aliphatic carbocycles. The lowest BCUT2D eigenvalue weighted by Gasteiger charge is -2.30. The second-order valence-electron chi connectivity index (χ2n) is 5.77. The van der Waals surface area contributed by atoms with Crippen LogP contribution in [0.2, 0.25) is 0 Å². The smallest absolute Gasteiger partial charge is 0.154 e. The molecule has 3 N–H and O–H groups in total. The second-order valence-corrected chi connectivity index (χ2v) is 6.88. The van der Waals surface area contributed by atoms with Gasteiger partial charge in [-0.3, -0.25) is 4.99 Å². The van der Waals surface area contributed by atoms with Crippen LogP contribution in [0.5, 0.6) is 0 Å². The summed E-state index contributed by atoms with van der Waals surface area (Å²) in [6, 6.07) is 2.51. The van der Waals surface area contributed by atoms with Gasteiger partial charge in [-0.05, 0) is 32.4 Å². The van der Waals surface area contributed by atoms with Gasteiger partial charge in [-0.1, -0.05) is 11.8 Å². The van der Waals surface area contributed by atoms with Gasteiger partial charge in [-0.2, -0.15) is 0 Å². The van der Waals surface area contributed by atoms with Crippen molar-refractivity contribution in [2.45, 2.75) is 31.8 Å². The number of nitrogens with one attached hydrogen (secondary N) is 1. The first kappa shape index (κ1) is 18.2. The molecule has 2 rings (SSSR count). The highest BCUT2D eigenvalue weighted by Crippen LogP contribution is 2.37. The third-order valence-electron chi connectivity index (χ3n) is 3.93. The van der Waals surface area contributed by atoms with Gasteiger partial charge in [0.15, 0.2) is 5.17 Å². The number of nitrogens with two attached hydrogens (primary N) is 1. The van der Waals surface area contributed by atoms with Gasteiger partial charge in [-0.25, -0.2) is 8.78 Å². The Kier molecular flexibility index (Phi) is 6.38. The van der Waals surface area contributed by atoms with Crippen molar-refractivity contribution in [2.75, 3.05) is 26.0 Å². The fourth-order valence-electron chi connectivity index (χ4n) is 2.59. The first-order valence-electron chi connectivity index (χ1n) is 7.62. The van der Waals surface area contributed by atoms with E-state index in [2.05, 4.69) is 10.3 Å². The highest BCUT2D eigenvalue weighted by molar-refractivity contribution is 8.13. The molecule has 7 heteroatoms. The summed E-state index contributed by atoms with van der Waals surface area (Å²) in [7, 11) is 1.64. The molecular weight excluding hydrogens is 320 g/mol. The Hall–Kier alpha value is -1.18. The zero-order valence-corrected chi connectivity index (χ0v) is 14.3. The molecule has 0 saturated heterocycles. The first-order valence-corrected chi connectivity index (χ1v) is 8.61. The minimum Gasteiger partial charge on any atom is -0.385 e. The lowest BCUT2D eigenvalue weighted by atomic mass is 9.88. The van der Waals surface area contributed by atoms with Gasteiger partial charge < -0.3 is 15.8 Å². The summed E-state index contributed by atoms with van der Waals surface area (Å²) in [5, 5.41) is 3.59. The summed E-state index contributed by atoms with van der Waals surface area (Å²) in [5.74, 6) is -0.347. The van der Waals surface area contributed by atoms with E-state index in [0.29, 0.717) is 42.4 Å². The minimum absolute atomic E-state index is 0.340. The van der Waals surface area contributed by atoms with Crippen molar-refractivity contribution in [3.63, 3.8) is 0 Å². The molecule has 23 heavy (non-hydrogen) atoms. The quantitative estimate of drug-likeness (QED) is 0.748. The molecule has 1 aromatic rings. The van der Waals surface area contributed by atoms with Gasteiger partial charge in [-0.15, -0.1) is 0 Å². The van der Waals surface area contributed by atoms with E-state index in [1.807, 2.05) is 6.92 Å². The van der Waals surface area contributed by atoms with E-state index in [4.69, 9.17) is 10.5 Å². The van der Waals surface area contributed by atoms with E-state index in [0.717, 1.165) is 18.2 Å². The van der Waals surface area contributed by atoms with E-state index < -0.39 is 17.2 Å². The van der Waals surface area contributed by atoms with Crippen molar-refractivity contribution in [1.82, 2.24) is 5.32 Å². The van der Waals surface area contributed by atoms with E-state index in [1.54, 1.807) is 13.2 Å². The largest absolute Gasteiger partial charge is 0.385 e. The number of nitrogens with zero attached hydrogens (tertiary/aromatic N) is 1. The fourth-order valence-corrected chi connectivity index (χ4v) is 3.56. The lowest BCUT2D eigenvalue weighted by Crippen LogP contribution is -2.30. The van der Waals surface area contributed by atoms with Crippen LogP contribution in [-0.4, -0.2) is 31.2 Å². The number of amidine groups is 1. The molecule has 0 spiro atoms. The Labute approximate surface area is 139 Å². The Morgan fingerprint density at radius 2 is 2.17 bits per heavy atom. The molecule has 4 nitrogen and oxygen atoms in total. The zero-order valence-electron chi connectivity index (χ0n) is 13.5. The third-order valence-corrected chi connectivity index (χ3v) is 4.72. The summed E-state index contributed by atoms with van der Waals surface area (Å²) < 4.78 is 33.3. The van der Waals surface area contributed by atoms with E-state index >= 15 is 0 Å². The van der Waals surface area contributed by atoms with Gasteiger partial charge in [0.2, 0.25) is 0 Å². The zero-order chi connectivity index (χ0) is 16.9. The van der Waals surface area contributed by atoms with E-state index in [1.165, 1.54) is 11.8 Å². The minimum atomic E-state index is -0.738. The van der Waals surface area contributed by atoms with Crippen LogP contribution in [0.4, 0.5) is 8.78 Å². The van der Waals surface area contributed by atoms with Crippen molar-refractivity contribution in [3.8, 4) is 0 Å². The maximum atomic E-state index is 14.3. The highest BCUT2D eigenvalue weighted by atomic mass is 32.2. The van der Waals surface area contributed by atoms with Crippen molar-refractivity contribution in [3.05, 3.63) is 34.9 Å². The Bertz CT molecular complexity index is 583. The Morgan fingerprint density at radius 3 is 2.87 bits per heavy atom. The summed E-state index contributed by atoms with van der Waals surface area (Å²) in [5.41, 5.74) is 5.88. The van der Waals surface area contributed by atoms with Crippen LogP contribution in [-0.2, 0) is 16.8 Å². The van der Waals surface area contributed by atoms with Gasteiger partial charge in [0.25, 0.3) is 0 Å². The Balaban J connectivity index is 2.17. The maximum Gasteiger partial charge on any atom is 0.154 e. The van der Waals surface area contributed by atoms with Crippen LogP contribution in [0, 0.1) is 11.6 Å². The Morgan fingerprint density at radius 1 is 1.39 bits per heavy atom. The molecule has 0 saturated carbocycles. The van der Waals surface area contributed by atoms with Gasteiger partial charge in [0.05, 0.1) is 5.54 Å². The predicted octanol–water partition coefficient (Wildman–Crippen LogP) is 2.76. The average Bonchev–Trinajstić information content (AvgIpc) is 2.48. The highest BCUT2D eigenvalue weighted by Gasteiger charge is 2.32. The van der Waals surface area contributed by atoms with Crippen molar-refractivity contribution < 1.29 is 13.5 Å². The van der Waals surface area contributed by atoms with Crippen LogP contribution in [0.15, 0.2) is 17.1 Å². The summed E-state index contributed by atoms with van der Waals surface area (Å²) in [6.45, 7) is 3.53. The van der Waals surface area contributed by atoms with E-state index in [9.17, 15) is 8.78 Å². The van der Waals surface area contributed by atoms with Gasteiger partial charge in [0, 0.05) is 43.2 Å². The maximum absolute atomic E-state index is 14.3. The molecule has 1 atom stereocenters. The number of aliphatic imine (C=N–C) groups is 1. The molecule has 1 aliphatic rings. The molecule has 0 amide bonds. The van der Waals surface area contributed by atoms with Gasteiger partial charge in [0.1, 0.15) is 11.6 Å². The predicted molar refractivity (Wildman–Crippen MR) is 90.6 cm³/mol. The number of methoxy groups -OCH3 is 1. The van der Waals surface area contributed by atoms with Crippen LogP contribution in [0.3, 0.4) is 0 Å². The average molecular weight is 343 g/mol. The number of hydrogen-bond donors (Lipinski definition) is 2. The number of thioether (sulfide) groups is 1. The third kappa shape index (κ3) is 4.65. The molecular formula is C16H23F2N3OS. The van der Waals surface area contributed by atoms with Crippen molar-refractivity contribution in [2.24, 2.45) is 10.7 Å². The molecule has 0 fully saturated rings. The van der Waals surface area contributed by atoms with Crippen LogP contribution >= 0.6 is 11.8 Å². The standard InChI is InChI=1S/C16H23F2N3OS/c1-16(4-7-23-15(19)21-16)12-8-11(13(17)9-14(12)18)10-20-5-3-6-22-2/h8-9,20H,3-7,10H2,1-2H3,(H2,19,21)/t16-/m0/s1. The summed E-state index contributed by atoms with van der Waals surface area (Å²) in [4.78, 5) is 4.39. The number of halogens is 2. The van der Waals surface area contributed by atoms with E-state index in [-0.39, 0.29) is 0 Å².